The predicted octanol–water partition coefficient (Wildman–Crippen LogP) is 1.17. The fourth-order valence-electron chi connectivity index (χ4n) is 1.73. The maximum Gasteiger partial charge on any atom is 0.0558 e. The summed E-state index contributed by atoms with van der Waals surface area (Å²) >= 11 is 0. The zero-order valence-electron chi connectivity index (χ0n) is 9.89. The monoisotopic (exact) mass is 223 g/mol. The molecule has 0 spiro atoms. The summed E-state index contributed by atoms with van der Waals surface area (Å²) < 4.78 is 0. The molecule has 1 rings (SSSR count). The van der Waals surface area contributed by atoms with Gasteiger partial charge in [-0.15, -0.1) is 0 Å². The SMILES string of the molecule is Cc1ccccc1CN(CCO)CCCO. The Morgan fingerprint density at radius 2 is 1.81 bits per heavy atom. The summed E-state index contributed by atoms with van der Waals surface area (Å²) in [5.41, 5.74) is 2.56. The van der Waals surface area contributed by atoms with Crippen LogP contribution in [0.5, 0.6) is 0 Å². The number of aliphatic hydroxyl groups is 2. The Morgan fingerprint density at radius 3 is 2.44 bits per heavy atom. The molecule has 0 aliphatic carbocycles. The molecule has 3 heteroatoms. The van der Waals surface area contributed by atoms with Gasteiger partial charge in [0.25, 0.3) is 0 Å². The van der Waals surface area contributed by atoms with E-state index in [4.69, 9.17) is 10.2 Å². The van der Waals surface area contributed by atoms with Crippen molar-refractivity contribution in [1.29, 1.82) is 0 Å². The van der Waals surface area contributed by atoms with E-state index in [0.717, 1.165) is 19.5 Å². The molecule has 0 atom stereocenters. The van der Waals surface area contributed by atoms with Crippen molar-refractivity contribution in [3.8, 4) is 0 Å². The van der Waals surface area contributed by atoms with Gasteiger partial charge in [-0.2, -0.15) is 0 Å². The molecule has 1 aromatic rings. The molecule has 0 aliphatic heterocycles. The molecule has 0 radical (unpaired) electrons. The first kappa shape index (κ1) is 13.2. The minimum Gasteiger partial charge on any atom is -0.396 e. The van der Waals surface area contributed by atoms with Crippen molar-refractivity contribution < 1.29 is 10.2 Å². The fourth-order valence-corrected chi connectivity index (χ4v) is 1.73. The molecule has 1 aromatic carbocycles. The van der Waals surface area contributed by atoms with Gasteiger partial charge in [-0.25, -0.2) is 0 Å². The summed E-state index contributed by atoms with van der Waals surface area (Å²) in [5, 5.41) is 17.8. The third-order valence-electron chi connectivity index (χ3n) is 2.70. The first-order valence-corrected chi connectivity index (χ1v) is 5.76. The van der Waals surface area contributed by atoms with Crippen LogP contribution in [0.4, 0.5) is 0 Å². The van der Waals surface area contributed by atoms with Crippen LogP contribution in [0.1, 0.15) is 17.5 Å². The second kappa shape index (κ2) is 7.39. The van der Waals surface area contributed by atoms with Crippen molar-refractivity contribution in [1.82, 2.24) is 4.90 Å². The van der Waals surface area contributed by atoms with Gasteiger partial charge in [-0.3, -0.25) is 4.90 Å². The molecule has 0 saturated heterocycles. The molecule has 0 unspecified atom stereocenters. The number of aryl methyl sites for hydroxylation is 1. The summed E-state index contributed by atoms with van der Waals surface area (Å²) in [6, 6.07) is 8.27. The second-order valence-electron chi connectivity index (χ2n) is 4.00. The predicted molar refractivity (Wildman–Crippen MR) is 65.2 cm³/mol. The van der Waals surface area contributed by atoms with E-state index in [-0.39, 0.29) is 13.2 Å². The smallest absolute Gasteiger partial charge is 0.0558 e. The van der Waals surface area contributed by atoms with Crippen LogP contribution in [0, 0.1) is 6.92 Å². The molecule has 16 heavy (non-hydrogen) atoms. The van der Waals surface area contributed by atoms with E-state index >= 15 is 0 Å². The Hall–Kier alpha value is -0.900. The molecule has 2 N–H and O–H groups in total. The summed E-state index contributed by atoms with van der Waals surface area (Å²) in [6.07, 6.45) is 0.756. The van der Waals surface area contributed by atoms with Crippen molar-refractivity contribution in [2.24, 2.45) is 0 Å². The van der Waals surface area contributed by atoms with Crippen molar-refractivity contribution >= 4 is 0 Å². The number of aliphatic hydroxyl groups excluding tert-OH is 2. The third-order valence-corrected chi connectivity index (χ3v) is 2.70. The van der Waals surface area contributed by atoms with Crippen molar-refractivity contribution in [3.63, 3.8) is 0 Å². The van der Waals surface area contributed by atoms with Crippen LogP contribution >= 0.6 is 0 Å². The Balaban J connectivity index is 2.56. The molecule has 3 nitrogen and oxygen atoms in total. The van der Waals surface area contributed by atoms with Gasteiger partial charge < -0.3 is 10.2 Å². The maximum atomic E-state index is 8.98. The van der Waals surface area contributed by atoms with Crippen molar-refractivity contribution in [2.75, 3.05) is 26.3 Å². The van der Waals surface area contributed by atoms with Gasteiger partial charge in [0.05, 0.1) is 6.61 Å². The Bertz CT molecular complexity index is 302. The van der Waals surface area contributed by atoms with E-state index in [1.807, 2.05) is 12.1 Å². The zero-order valence-corrected chi connectivity index (χ0v) is 9.89. The Morgan fingerprint density at radius 1 is 1.06 bits per heavy atom. The topological polar surface area (TPSA) is 43.7 Å². The van der Waals surface area contributed by atoms with Crippen LogP contribution in [0.15, 0.2) is 24.3 Å². The molecule has 0 saturated carbocycles. The molecule has 0 heterocycles. The van der Waals surface area contributed by atoms with E-state index in [2.05, 4.69) is 24.0 Å². The number of hydrogen-bond donors (Lipinski definition) is 2. The number of nitrogens with zero attached hydrogens (tertiary/aromatic N) is 1. The van der Waals surface area contributed by atoms with Crippen molar-refractivity contribution in [3.05, 3.63) is 35.4 Å². The van der Waals surface area contributed by atoms with Gasteiger partial charge in [-0.1, -0.05) is 24.3 Å². The highest BCUT2D eigenvalue weighted by molar-refractivity contribution is 5.25. The van der Waals surface area contributed by atoms with Crippen LogP contribution in [-0.2, 0) is 6.54 Å². The van der Waals surface area contributed by atoms with Gasteiger partial charge >= 0.3 is 0 Å². The molecule has 90 valence electrons. The zero-order chi connectivity index (χ0) is 11.8. The van der Waals surface area contributed by atoms with Crippen LogP contribution in [0.2, 0.25) is 0 Å². The molecular weight excluding hydrogens is 202 g/mol. The molecule has 0 bridgehead atoms. The summed E-state index contributed by atoms with van der Waals surface area (Å²) in [7, 11) is 0. The van der Waals surface area contributed by atoms with Gasteiger partial charge in [-0.05, 0) is 24.5 Å². The van der Waals surface area contributed by atoms with Crippen LogP contribution in [0.25, 0.3) is 0 Å². The van der Waals surface area contributed by atoms with Crippen LogP contribution in [-0.4, -0.2) is 41.4 Å². The van der Waals surface area contributed by atoms with Gasteiger partial charge in [0, 0.05) is 26.2 Å². The van der Waals surface area contributed by atoms with E-state index in [9.17, 15) is 0 Å². The van der Waals surface area contributed by atoms with E-state index in [1.165, 1.54) is 11.1 Å². The average Bonchev–Trinajstić information content (AvgIpc) is 2.29. The Labute approximate surface area is 97.3 Å². The summed E-state index contributed by atoms with van der Waals surface area (Å²) in [4.78, 5) is 2.17. The molecule has 0 amide bonds. The minimum atomic E-state index is 0.164. The lowest BCUT2D eigenvalue weighted by Gasteiger charge is -2.21. The quantitative estimate of drug-likeness (QED) is 0.729. The standard InChI is InChI=1S/C13H21NO2/c1-12-5-2-3-6-13(12)11-14(8-10-16)7-4-9-15/h2-3,5-6,15-16H,4,7-11H2,1H3. The minimum absolute atomic E-state index is 0.164. The van der Waals surface area contributed by atoms with E-state index < -0.39 is 0 Å². The van der Waals surface area contributed by atoms with E-state index in [0.29, 0.717) is 6.54 Å². The number of benzene rings is 1. The first-order chi connectivity index (χ1) is 7.77. The van der Waals surface area contributed by atoms with Gasteiger partial charge in [0.15, 0.2) is 0 Å². The van der Waals surface area contributed by atoms with Crippen LogP contribution in [0.3, 0.4) is 0 Å². The van der Waals surface area contributed by atoms with E-state index in [1.54, 1.807) is 0 Å². The maximum absolute atomic E-state index is 8.98. The van der Waals surface area contributed by atoms with Gasteiger partial charge in [0.2, 0.25) is 0 Å². The lowest BCUT2D eigenvalue weighted by molar-refractivity contribution is 0.174. The largest absolute Gasteiger partial charge is 0.396 e. The average molecular weight is 223 g/mol. The highest BCUT2D eigenvalue weighted by atomic mass is 16.3. The van der Waals surface area contributed by atoms with Crippen LogP contribution < -0.4 is 0 Å². The Kier molecular flexibility index (Phi) is 6.08. The summed E-state index contributed by atoms with van der Waals surface area (Å²) in [5.74, 6) is 0. The second-order valence-corrected chi connectivity index (χ2v) is 4.00. The highest BCUT2D eigenvalue weighted by Gasteiger charge is 2.06. The molecule has 0 aromatic heterocycles. The fraction of sp³-hybridized carbons (Fsp3) is 0.538. The molecule has 0 aliphatic rings. The highest BCUT2D eigenvalue weighted by Crippen LogP contribution is 2.10. The first-order valence-electron chi connectivity index (χ1n) is 5.76. The normalized spacial score (nSPS) is 11.0. The lowest BCUT2D eigenvalue weighted by atomic mass is 10.1. The van der Waals surface area contributed by atoms with Gasteiger partial charge in [0.1, 0.15) is 0 Å². The van der Waals surface area contributed by atoms with Crippen molar-refractivity contribution in [2.45, 2.75) is 19.9 Å². The molecule has 0 fully saturated rings. The molecular formula is C13H21NO2. The third kappa shape index (κ3) is 4.31. The summed E-state index contributed by atoms with van der Waals surface area (Å²) in [6.45, 7) is 4.79. The number of hydrogen-bond acceptors (Lipinski definition) is 3. The lowest BCUT2D eigenvalue weighted by Crippen LogP contribution is -2.28. The number of rotatable bonds is 7.